The highest BCUT2D eigenvalue weighted by atomic mass is 35.5. The SMILES string of the molecule is Cc1ccc(C)c(-c2nnc(CCl)n2C(C)C)c1. The van der Waals surface area contributed by atoms with Crippen molar-refractivity contribution in [1.82, 2.24) is 14.8 Å². The number of hydrogen-bond acceptors (Lipinski definition) is 2. The van der Waals surface area contributed by atoms with E-state index >= 15 is 0 Å². The molecule has 4 heteroatoms. The van der Waals surface area contributed by atoms with Crippen LogP contribution in [0.25, 0.3) is 11.4 Å². The molecule has 96 valence electrons. The van der Waals surface area contributed by atoms with Crippen molar-refractivity contribution in [2.75, 3.05) is 0 Å². The minimum Gasteiger partial charge on any atom is -0.307 e. The van der Waals surface area contributed by atoms with Crippen molar-refractivity contribution in [3.8, 4) is 11.4 Å². The molecule has 0 N–H and O–H groups in total. The Hall–Kier alpha value is -1.35. The molecule has 18 heavy (non-hydrogen) atoms. The van der Waals surface area contributed by atoms with Crippen molar-refractivity contribution in [2.24, 2.45) is 0 Å². The van der Waals surface area contributed by atoms with Crippen LogP contribution in [0.4, 0.5) is 0 Å². The van der Waals surface area contributed by atoms with Crippen LogP contribution in [0.15, 0.2) is 18.2 Å². The second kappa shape index (κ2) is 5.11. The maximum atomic E-state index is 5.92. The fourth-order valence-electron chi connectivity index (χ4n) is 2.12. The minimum atomic E-state index is 0.295. The van der Waals surface area contributed by atoms with Crippen LogP contribution in [0.2, 0.25) is 0 Å². The first-order valence-corrected chi connectivity index (χ1v) is 6.65. The number of benzene rings is 1. The molecular weight excluding hydrogens is 246 g/mol. The molecule has 0 bridgehead atoms. The van der Waals surface area contributed by atoms with Gasteiger partial charge in [0.25, 0.3) is 0 Å². The van der Waals surface area contributed by atoms with Crippen LogP contribution in [-0.4, -0.2) is 14.8 Å². The van der Waals surface area contributed by atoms with Crippen LogP contribution < -0.4 is 0 Å². The van der Waals surface area contributed by atoms with E-state index in [1.165, 1.54) is 11.1 Å². The summed E-state index contributed by atoms with van der Waals surface area (Å²) >= 11 is 5.92. The molecule has 0 fully saturated rings. The Labute approximate surface area is 113 Å². The summed E-state index contributed by atoms with van der Waals surface area (Å²) in [6.45, 7) is 8.41. The first kappa shape index (κ1) is 13.1. The second-order valence-electron chi connectivity index (χ2n) is 4.86. The Morgan fingerprint density at radius 3 is 2.56 bits per heavy atom. The topological polar surface area (TPSA) is 30.7 Å². The van der Waals surface area contributed by atoms with E-state index in [0.29, 0.717) is 11.9 Å². The summed E-state index contributed by atoms with van der Waals surface area (Å²) in [5, 5.41) is 8.49. The van der Waals surface area contributed by atoms with Gasteiger partial charge in [-0.05, 0) is 39.3 Å². The van der Waals surface area contributed by atoms with Gasteiger partial charge in [0.1, 0.15) is 5.82 Å². The highest BCUT2D eigenvalue weighted by molar-refractivity contribution is 6.16. The molecule has 2 rings (SSSR count). The van der Waals surface area contributed by atoms with E-state index in [4.69, 9.17) is 11.6 Å². The third-order valence-corrected chi connectivity index (χ3v) is 3.28. The van der Waals surface area contributed by atoms with E-state index in [2.05, 4.69) is 60.7 Å². The maximum Gasteiger partial charge on any atom is 0.164 e. The van der Waals surface area contributed by atoms with Crippen LogP contribution in [-0.2, 0) is 5.88 Å². The molecule has 2 aromatic rings. The van der Waals surface area contributed by atoms with Crippen molar-refractivity contribution in [3.05, 3.63) is 35.2 Å². The van der Waals surface area contributed by atoms with Crippen molar-refractivity contribution in [2.45, 2.75) is 39.6 Å². The zero-order chi connectivity index (χ0) is 13.3. The summed E-state index contributed by atoms with van der Waals surface area (Å²) in [5.74, 6) is 2.11. The smallest absolute Gasteiger partial charge is 0.164 e. The summed E-state index contributed by atoms with van der Waals surface area (Å²) < 4.78 is 2.11. The fraction of sp³-hybridized carbons (Fsp3) is 0.429. The summed E-state index contributed by atoms with van der Waals surface area (Å²) in [4.78, 5) is 0. The van der Waals surface area contributed by atoms with Crippen LogP contribution in [0, 0.1) is 13.8 Å². The summed E-state index contributed by atoms with van der Waals surface area (Å²) in [6, 6.07) is 6.67. The lowest BCUT2D eigenvalue weighted by molar-refractivity contribution is 0.584. The molecular formula is C14H18ClN3. The molecule has 0 atom stereocenters. The highest BCUT2D eigenvalue weighted by Gasteiger charge is 2.16. The van der Waals surface area contributed by atoms with Crippen molar-refractivity contribution >= 4 is 11.6 Å². The third-order valence-electron chi connectivity index (χ3n) is 3.04. The largest absolute Gasteiger partial charge is 0.307 e. The molecule has 0 aliphatic carbocycles. The quantitative estimate of drug-likeness (QED) is 0.787. The molecule has 0 spiro atoms. The van der Waals surface area contributed by atoms with E-state index in [1.54, 1.807) is 0 Å². The van der Waals surface area contributed by atoms with Crippen LogP contribution in [0.3, 0.4) is 0 Å². The Morgan fingerprint density at radius 2 is 1.94 bits per heavy atom. The molecule has 1 aromatic heterocycles. The van der Waals surface area contributed by atoms with Crippen molar-refractivity contribution < 1.29 is 0 Å². The number of aryl methyl sites for hydroxylation is 2. The minimum absolute atomic E-state index is 0.295. The monoisotopic (exact) mass is 263 g/mol. The number of aromatic nitrogens is 3. The van der Waals surface area contributed by atoms with Gasteiger partial charge in [0, 0.05) is 11.6 Å². The molecule has 0 aliphatic rings. The molecule has 0 unspecified atom stereocenters. The Morgan fingerprint density at radius 1 is 1.22 bits per heavy atom. The fourth-order valence-corrected chi connectivity index (χ4v) is 2.30. The van der Waals surface area contributed by atoms with Gasteiger partial charge >= 0.3 is 0 Å². The number of nitrogens with zero attached hydrogens (tertiary/aromatic N) is 3. The first-order chi connectivity index (χ1) is 8.54. The molecule has 1 aromatic carbocycles. The van der Waals surface area contributed by atoms with Crippen molar-refractivity contribution in [3.63, 3.8) is 0 Å². The van der Waals surface area contributed by atoms with Gasteiger partial charge in [-0.1, -0.05) is 17.7 Å². The highest BCUT2D eigenvalue weighted by Crippen LogP contribution is 2.26. The summed E-state index contributed by atoms with van der Waals surface area (Å²) in [5.41, 5.74) is 3.56. The lowest BCUT2D eigenvalue weighted by Gasteiger charge is -2.14. The van der Waals surface area contributed by atoms with Gasteiger partial charge in [0.15, 0.2) is 5.82 Å². The Balaban J connectivity index is 2.63. The summed E-state index contributed by atoms with van der Waals surface area (Å²) in [7, 11) is 0. The van der Waals surface area contributed by atoms with Crippen molar-refractivity contribution in [1.29, 1.82) is 0 Å². The van der Waals surface area contributed by atoms with Crippen LogP contribution in [0.1, 0.15) is 36.8 Å². The first-order valence-electron chi connectivity index (χ1n) is 6.12. The lowest BCUT2D eigenvalue weighted by Crippen LogP contribution is -2.07. The predicted octanol–water partition coefficient (Wildman–Crippen LogP) is 3.88. The van der Waals surface area contributed by atoms with Crippen LogP contribution in [0.5, 0.6) is 0 Å². The van der Waals surface area contributed by atoms with Gasteiger partial charge in [-0.3, -0.25) is 0 Å². The zero-order valence-corrected chi connectivity index (χ0v) is 12.0. The van der Waals surface area contributed by atoms with E-state index in [9.17, 15) is 0 Å². The molecule has 0 saturated heterocycles. The van der Waals surface area contributed by atoms with Gasteiger partial charge in [-0.15, -0.1) is 21.8 Å². The van der Waals surface area contributed by atoms with Gasteiger partial charge in [0.2, 0.25) is 0 Å². The second-order valence-corrected chi connectivity index (χ2v) is 5.12. The number of halogens is 1. The standard InChI is InChI=1S/C14H18ClN3/c1-9(2)18-13(8-15)16-17-14(18)12-7-10(3)5-6-11(12)4/h5-7,9H,8H2,1-4H3. The Bertz CT molecular complexity index is 558. The zero-order valence-electron chi connectivity index (χ0n) is 11.2. The van der Waals surface area contributed by atoms with Gasteiger partial charge in [-0.25, -0.2) is 0 Å². The number of hydrogen-bond donors (Lipinski definition) is 0. The van der Waals surface area contributed by atoms with E-state index in [1.807, 2.05) is 0 Å². The number of rotatable bonds is 3. The number of alkyl halides is 1. The summed E-state index contributed by atoms with van der Waals surface area (Å²) in [6.07, 6.45) is 0. The molecule has 0 radical (unpaired) electrons. The average molecular weight is 264 g/mol. The molecule has 1 heterocycles. The molecule has 0 amide bonds. The van der Waals surface area contributed by atoms with Gasteiger partial charge in [-0.2, -0.15) is 0 Å². The van der Waals surface area contributed by atoms with Crippen LogP contribution >= 0.6 is 11.6 Å². The Kier molecular flexibility index (Phi) is 3.71. The lowest BCUT2D eigenvalue weighted by atomic mass is 10.0. The molecule has 0 saturated carbocycles. The predicted molar refractivity (Wildman–Crippen MR) is 74.9 cm³/mol. The third kappa shape index (κ3) is 2.27. The van der Waals surface area contributed by atoms with E-state index < -0.39 is 0 Å². The van der Waals surface area contributed by atoms with E-state index in [-0.39, 0.29) is 0 Å². The maximum absolute atomic E-state index is 5.92. The van der Waals surface area contributed by atoms with E-state index in [0.717, 1.165) is 17.2 Å². The average Bonchev–Trinajstić information content (AvgIpc) is 2.75. The van der Waals surface area contributed by atoms with Gasteiger partial charge in [0.05, 0.1) is 5.88 Å². The molecule has 3 nitrogen and oxygen atoms in total. The van der Waals surface area contributed by atoms with Gasteiger partial charge < -0.3 is 4.57 Å². The molecule has 0 aliphatic heterocycles. The normalized spacial score (nSPS) is 11.2.